The zero-order valence-corrected chi connectivity index (χ0v) is 10.6. The summed E-state index contributed by atoms with van der Waals surface area (Å²) in [4.78, 5) is 0. The quantitative estimate of drug-likeness (QED) is 0.916. The highest BCUT2D eigenvalue weighted by atomic mass is 79.9. The molecule has 0 bridgehead atoms. The van der Waals surface area contributed by atoms with Crippen molar-refractivity contribution in [2.24, 2.45) is 0 Å². The molecule has 0 radical (unpaired) electrons. The van der Waals surface area contributed by atoms with Gasteiger partial charge in [-0.05, 0) is 37.6 Å². The highest BCUT2D eigenvalue weighted by Gasteiger charge is 2.14. The number of nitrogens with one attached hydrogen (secondary N) is 1. The van der Waals surface area contributed by atoms with Crippen molar-refractivity contribution in [3.63, 3.8) is 0 Å². The minimum atomic E-state index is 0.595. The number of aromatic nitrogens is 2. The van der Waals surface area contributed by atoms with Crippen LogP contribution in [0.4, 0.5) is 0 Å². The molecule has 0 spiro atoms. The number of hydrogen-bond donors (Lipinski definition) is 1. The predicted molar refractivity (Wildman–Crippen MR) is 68.5 cm³/mol. The highest BCUT2D eigenvalue weighted by Crippen LogP contribution is 2.19. The van der Waals surface area contributed by atoms with Gasteiger partial charge in [-0.1, -0.05) is 15.9 Å². The fourth-order valence-corrected chi connectivity index (χ4v) is 2.66. The van der Waals surface area contributed by atoms with E-state index in [9.17, 15) is 0 Å². The Balaban J connectivity index is 1.86. The minimum absolute atomic E-state index is 0.595. The lowest BCUT2D eigenvalue weighted by atomic mass is 10.2. The smallest absolute Gasteiger partial charge is 0.0924 e. The summed E-state index contributed by atoms with van der Waals surface area (Å²) in [5.74, 6) is 0. The molecule has 84 valence electrons. The Morgan fingerprint density at radius 2 is 2.44 bits per heavy atom. The van der Waals surface area contributed by atoms with Crippen LogP contribution < -0.4 is 5.32 Å². The van der Waals surface area contributed by atoms with E-state index >= 15 is 0 Å². The molecule has 3 nitrogen and oxygen atoms in total. The van der Waals surface area contributed by atoms with Crippen LogP contribution in [-0.4, -0.2) is 22.4 Å². The van der Waals surface area contributed by atoms with Gasteiger partial charge in [0.15, 0.2) is 0 Å². The van der Waals surface area contributed by atoms with Gasteiger partial charge < -0.3 is 5.32 Å². The van der Waals surface area contributed by atoms with Crippen LogP contribution in [0.25, 0.3) is 10.9 Å². The van der Waals surface area contributed by atoms with E-state index < -0.39 is 0 Å². The summed E-state index contributed by atoms with van der Waals surface area (Å²) in [6, 6.07) is 6.80. The SMILES string of the molecule is Brc1ccc2nn(CC3CCCN3)cc2c1. The topological polar surface area (TPSA) is 29.9 Å². The first-order valence-electron chi connectivity index (χ1n) is 5.67. The first-order valence-corrected chi connectivity index (χ1v) is 6.47. The molecule has 1 aromatic heterocycles. The summed E-state index contributed by atoms with van der Waals surface area (Å²) >= 11 is 3.48. The van der Waals surface area contributed by atoms with E-state index in [-0.39, 0.29) is 0 Å². The van der Waals surface area contributed by atoms with E-state index in [4.69, 9.17) is 0 Å². The van der Waals surface area contributed by atoms with Gasteiger partial charge in [0.2, 0.25) is 0 Å². The lowest BCUT2D eigenvalue weighted by Crippen LogP contribution is -2.26. The van der Waals surface area contributed by atoms with E-state index in [1.54, 1.807) is 0 Å². The largest absolute Gasteiger partial charge is 0.312 e. The van der Waals surface area contributed by atoms with Crippen molar-refractivity contribution in [3.05, 3.63) is 28.9 Å². The van der Waals surface area contributed by atoms with Crippen molar-refractivity contribution in [2.45, 2.75) is 25.4 Å². The zero-order chi connectivity index (χ0) is 11.0. The number of halogens is 1. The molecular formula is C12H14BrN3. The van der Waals surface area contributed by atoms with E-state index in [2.05, 4.69) is 49.4 Å². The number of hydrogen-bond acceptors (Lipinski definition) is 2. The van der Waals surface area contributed by atoms with E-state index in [1.165, 1.54) is 18.2 Å². The van der Waals surface area contributed by atoms with Crippen molar-refractivity contribution in [2.75, 3.05) is 6.54 Å². The van der Waals surface area contributed by atoms with Gasteiger partial charge in [0, 0.05) is 22.1 Å². The molecular weight excluding hydrogens is 266 g/mol. The van der Waals surface area contributed by atoms with Crippen LogP contribution in [0.1, 0.15) is 12.8 Å². The standard InChI is InChI=1S/C12H14BrN3/c13-10-3-4-12-9(6-10)7-16(15-12)8-11-2-1-5-14-11/h3-4,6-7,11,14H,1-2,5,8H2. The Labute approximate surface area is 103 Å². The molecule has 1 saturated heterocycles. The van der Waals surface area contributed by atoms with Crippen LogP contribution >= 0.6 is 15.9 Å². The molecule has 1 aromatic carbocycles. The normalized spacial score (nSPS) is 20.7. The maximum absolute atomic E-state index is 4.57. The lowest BCUT2D eigenvalue weighted by molar-refractivity contribution is 0.479. The second kappa shape index (κ2) is 4.18. The van der Waals surface area contributed by atoms with Gasteiger partial charge in [0.1, 0.15) is 0 Å². The molecule has 2 heterocycles. The monoisotopic (exact) mass is 279 g/mol. The third kappa shape index (κ3) is 1.99. The fraction of sp³-hybridized carbons (Fsp3) is 0.417. The summed E-state index contributed by atoms with van der Waals surface area (Å²) < 4.78 is 3.17. The first-order chi connectivity index (χ1) is 7.81. The molecule has 3 rings (SSSR count). The van der Waals surface area contributed by atoms with Gasteiger partial charge in [0.25, 0.3) is 0 Å². The number of nitrogens with zero attached hydrogens (tertiary/aromatic N) is 2. The molecule has 0 aliphatic carbocycles. The molecule has 2 aromatic rings. The maximum Gasteiger partial charge on any atom is 0.0924 e. The van der Waals surface area contributed by atoms with Gasteiger partial charge in [-0.2, -0.15) is 5.10 Å². The van der Waals surface area contributed by atoms with Crippen molar-refractivity contribution < 1.29 is 0 Å². The molecule has 16 heavy (non-hydrogen) atoms. The van der Waals surface area contributed by atoms with Crippen LogP contribution in [0.15, 0.2) is 28.9 Å². The lowest BCUT2D eigenvalue weighted by Gasteiger charge is -2.08. The Morgan fingerprint density at radius 1 is 1.50 bits per heavy atom. The van der Waals surface area contributed by atoms with Crippen LogP contribution in [0.2, 0.25) is 0 Å². The molecule has 0 saturated carbocycles. The molecule has 1 fully saturated rings. The number of rotatable bonds is 2. The fourth-order valence-electron chi connectivity index (χ4n) is 2.28. The minimum Gasteiger partial charge on any atom is -0.312 e. The average Bonchev–Trinajstić information content (AvgIpc) is 2.86. The molecule has 1 aliphatic heterocycles. The van der Waals surface area contributed by atoms with Crippen molar-refractivity contribution >= 4 is 26.8 Å². The van der Waals surface area contributed by atoms with Crippen molar-refractivity contribution in [1.82, 2.24) is 15.1 Å². The molecule has 1 unspecified atom stereocenters. The summed E-state index contributed by atoms with van der Waals surface area (Å²) in [7, 11) is 0. The molecule has 1 aliphatic rings. The second-order valence-corrected chi connectivity index (χ2v) is 5.26. The van der Waals surface area contributed by atoms with Crippen molar-refractivity contribution in [3.8, 4) is 0 Å². The number of fused-ring (bicyclic) bond motifs is 1. The van der Waals surface area contributed by atoms with Gasteiger partial charge in [-0.15, -0.1) is 0 Å². The summed E-state index contributed by atoms with van der Waals surface area (Å²) in [6.45, 7) is 2.13. The van der Waals surface area contributed by atoms with Gasteiger partial charge in [-0.25, -0.2) is 0 Å². The third-order valence-corrected chi connectivity index (χ3v) is 3.58. The second-order valence-electron chi connectivity index (χ2n) is 4.35. The Kier molecular flexibility index (Phi) is 2.69. The third-order valence-electron chi connectivity index (χ3n) is 3.08. The van der Waals surface area contributed by atoms with Gasteiger partial charge in [0.05, 0.1) is 12.1 Å². The van der Waals surface area contributed by atoms with Crippen molar-refractivity contribution in [1.29, 1.82) is 0 Å². The summed E-state index contributed by atoms with van der Waals surface area (Å²) in [5, 5.41) is 9.27. The Bertz CT molecular complexity index is 500. The van der Waals surface area contributed by atoms with Gasteiger partial charge in [-0.3, -0.25) is 4.68 Å². The van der Waals surface area contributed by atoms with Crippen LogP contribution in [0.5, 0.6) is 0 Å². The maximum atomic E-state index is 4.57. The number of benzene rings is 1. The highest BCUT2D eigenvalue weighted by molar-refractivity contribution is 9.10. The Hall–Kier alpha value is -0.870. The summed E-state index contributed by atoms with van der Waals surface area (Å²) in [6.07, 6.45) is 4.68. The molecule has 0 amide bonds. The van der Waals surface area contributed by atoms with E-state index in [1.807, 2.05) is 6.07 Å². The van der Waals surface area contributed by atoms with Crippen LogP contribution in [0, 0.1) is 0 Å². The Morgan fingerprint density at radius 3 is 3.25 bits per heavy atom. The van der Waals surface area contributed by atoms with Gasteiger partial charge >= 0.3 is 0 Å². The molecule has 1 atom stereocenters. The molecule has 4 heteroatoms. The predicted octanol–water partition coefficient (Wildman–Crippen LogP) is 2.55. The zero-order valence-electron chi connectivity index (χ0n) is 8.99. The average molecular weight is 280 g/mol. The van der Waals surface area contributed by atoms with E-state index in [0.29, 0.717) is 6.04 Å². The van der Waals surface area contributed by atoms with Crippen LogP contribution in [0.3, 0.4) is 0 Å². The van der Waals surface area contributed by atoms with Crippen LogP contribution in [-0.2, 0) is 6.54 Å². The molecule has 1 N–H and O–H groups in total. The summed E-state index contributed by atoms with van der Waals surface area (Å²) in [5.41, 5.74) is 1.07. The van der Waals surface area contributed by atoms with E-state index in [0.717, 1.165) is 23.1 Å². The first kappa shape index (κ1) is 10.3.